The van der Waals surface area contributed by atoms with Gasteiger partial charge in [-0.05, 0) is 17.7 Å². The number of fused-ring (bicyclic) bond motifs is 1. The second-order valence-electron chi connectivity index (χ2n) is 6.06. The summed E-state index contributed by atoms with van der Waals surface area (Å²) in [5, 5.41) is 7.90. The first-order valence-corrected chi connectivity index (χ1v) is 9.72. The topological polar surface area (TPSA) is 52.2 Å². The maximum atomic E-state index is 13.1. The number of hydrogen-bond donors (Lipinski definition) is 0. The average Bonchev–Trinajstić information content (AvgIpc) is 3.11. The van der Waals surface area contributed by atoms with Crippen LogP contribution in [-0.2, 0) is 11.9 Å². The quantitative estimate of drug-likeness (QED) is 0.429. The zero-order chi connectivity index (χ0) is 20.6. The largest absolute Gasteiger partial charge is 0.417 e. The molecule has 0 saturated carbocycles. The smallest absolute Gasteiger partial charge is 0.278 e. The Morgan fingerprint density at radius 2 is 1.76 bits per heavy atom. The van der Waals surface area contributed by atoms with Gasteiger partial charge in [0.1, 0.15) is 0 Å². The molecule has 0 aliphatic heterocycles. The van der Waals surface area contributed by atoms with Crippen LogP contribution in [0.25, 0.3) is 11.3 Å². The van der Waals surface area contributed by atoms with Crippen molar-refractivity contribution < 1.29 is 13.2 Å². The van der Waals surface area contributed by atoms with E-state index in [0.717, 1.165) is 16.2 Å². The van der Waals surface area contributed by atoms with Crippen LogP contribution in [0.3, 0.4) is 0 Å². The third-order valence-corrected chi connectivity index (χ3v) is 5.60. The van der Waals surface area contributed by atoms with Crippen molar-refractivity contribution in [1.29, 1.82) is 0 Å². The third-order valence-electron chi connectivity index (χ3n) is 4.19. The van der Waals surface area contributed by atoms with E-state index in [9.17, 15) is 18.0 Å². The summed E-state index contributed by atoms with van der Waals surface area (Å²) in [6.07, 6.45) is -1.75. The number of aromatic nitrogens is 4. The molecule has 0 bridgehead atoms. The van der Waals surface area contributed by atoms with Crippen molar-refractivity contribution in [2.45, 2.75) is 17.1 Å². The van der Waals surface area contributed by atoms with Gasteiger partial charge in [-0.25, -0.2) is 0 Å². The van der Waals surface area contributed by atoms with Crippen LogP contribution in [0.5, 0.6) is 0 Å². The number of hydrogen-bond acceptors (Lipinski definition) is 4. The first kappa shape index (κ1) is 19.5. The van der Waals surface area contributed by atoms with Crippen molar-refractivity contribution in [2.75, 3.05) is 0 Å². The summed E-state index contributed by atoms with van der Waals surface area (Å²) in [6.45, 7) is 0. The normalized spacial score (nSPS) is 11.9. The number of nitrogens with zero attached hydrogens (tertiary/aromatic N) is 4. The lowest BCUT2D eigenvalue weighted by Gasteiger charge is -2.13. The van der Waals surface area contributed by atoms with Crippen LogP contribution in [0, 0.1) is 0 Å². The summed E-state index contributed by atoms with van der Waals surface area (Å²) >= 11 is 7.34. The molecule has 0 aliphatic rings. The predicted molar refractivity (Wildman–Crippen MR) is 105 cm³/mol. The predicted octanol–water partition coefficient (Wildman–Crippen LogP) is 4.84. The van der Waals surface area contributed by atoms with Crippen LogP contribution in [0.2, 0.25) is 5.02 Å². The Labute approximate surface area is 171 Å². The number of benzene rings is 2. The third kappa shape index (κ3) is 3.75. The lowest BCUT2D eigenvalue weighted by molar-refractivity contribution is -0.137. The lowest BCUT2D eigenvalue weighted by Crippen LogP contribution is -2.21. The van der Waals surface area contributed by atoms with Gasteiger partial charge >= 0.3 is 11.7 Å². The molecule has 10 heteroatoms. The Kier molecular flexibility index (Phi) is 5.10. The molecule has 29 heavy (non-hydrogen) atoms. The lowest BCUT2D eigenvalue weighted by atomic mass is 10.2. The number of thioether (sulfide) groups is 1. The molecule has 0 atom stereocenters. The molecule has 0 fully saturated rings. The van der Waals surface area contributed by atoms with Gasteiger partial charge in [-0.3, -0.25) is 13.8 Å². The highest BCUT2D eigenvalue weighted by molar-refractivity contribution is 7.98. The van der Waals surface area contributed by atoms with E-state index in [-0.39, 0.29) is 11.3 Å². The summed E-state index contributed by atoms with van der Waals surface area (Å²) in [7, 11) is 0. The molecule has 5 nitrogen and oxygen atoms in total. The molecule has 0 radical (unpaired) electrons. The molecule has 0 spiro atoms. The average molecular weight is 437 g/mol. The minimum absolute atomic E-state index is 0.00320. The molecule has 2 aromatic carbocycles. The fraction of sp³-hybridized carbons (Fsp3) is 0.105. The Morgan fingerprint density at radius 1 is 1.00 bits per heavy atom. The molecule has 0 amide bonds. The standard InChI is InChI=1S/C19H12ClF3N4OS/c20-15-13(19(21,22)23)7-4-8-14(15)26-9-10-27-16(17(26)28)24-25-18(27)29-11-12-5-2-1-3-6-12/h1-10H,11H2. The molecule has 0 unspecified atom stereocenters. The summed E-state index contributed by atoms with van der Waals surface area (Å²) in [4.78, 5) is 12.8. The van der Waals surface area contributed by atoms with Crippen LogP contribution in [0.15, 0.2) is 70.9 Å². The number of rotatable bonds is 4. The highest BCUT2D eigenvalue weighted by Crippen LogP contribution is 2.37. The highest BCUT2D eigenvalue weighted by Gasteiger charge is 2.34. The van der Waals surface area contributed by atoms with Crippen LogP contribution < -0.4 is 5.56 Å². The van der Waals surface area contributed by atoms with Gasteiger partial charge in [-0.15, -0.1) is 10.2 Å². The maximum absolute atomic E-state index is 13.1. The van der Waals surface area contributed by atoms with Gasteiger partial charge in [0.2, 0.25) is 5.65 Å². The van der Waals surface area contributed by atoms with Crippen molar-refractivity contribution in [3.63, 3.8) is 0 Å². The van der Waals surface area contributed by atoms with Crippen molar-refractivity contribution in [1.82, 2.24) is 19.2 Å². The monoisotopic (exact) mass is 436 g/mol. The summed E-state index contributed by atoms with van der Waals surface area (Å²) < 4.78 is 41.9. The van der Waals surface area contributed by atoms with Crippen LogP contribution in [-0.4, -0.2) is 19.2 Å². The van der Waals surface area contributed by atoms with Crippen LogP contribution in [0.4, 0.5) is 13.2 Å². The van der Waals surface area contributed by atoms with E-state index in [2.05, 4.69) is 10.2 Å². The van der Waals surface area contributed by atoms with E-state index in [1.54, 1.807) is 0 Å². The molecule has 4 rings (SSSR count). The number of alkyl halides is 3. The second kappa shape index (κ2) is 7.57. The van der Waals surface area contributed by atoms with Gasteiger partial charge in [0.25, 0.3) is 0 Å². The molecule has 148 valence electrons. The van der Waals surface area contributed by atoms with E-state index in [4.69, 9.17) is 11.6 Å². The molecular weight excluding hydrogens is 425 g/mol. The zero-order valence-electron chi connectivity index (χ0n) is 14.6. The van der Waals surface area contributed by atoms with Crippen molar-refractivity contribution in [2.24, 2.45) is 0 Å². The Morgan fingerprint density at radius 3 is 2.48 bits per heavy atom. The molecule has 0 aliphatic carbocycles. The van der Waals surface area contributed by atoms with E-state index >= 15 is 0 Å². The molecule has 2 aromatic heterocycles. The summed E-state index contributed by atoms with van der Waals surface area (Å²) in [6, 6.07) is 13.1. The van der Waals surface area contributed by atoms with E-state index in [0.29, 0.717) is 10.9 Å². The Bertz CT molecular complexity index is 1240. The van der Waals surface area contributed by atoms with Crippen LogP contribution in [0.1, 0.15) is 11.1 Å². The molecule has 4 aromatic rings. The summed E-state index contributed by atoms with van der Waals surface area (Å²) in [5.74, 6) is 0.629. The minimum atomic E-state index is -4.63. The summed E-state index contributed by atoms with van der Waals surface area (Å²) in [5.41, 5.74) is -0.623. The van der Waals surface area contributed by atoms with Crippen molar-refractivity contribution in [3.8, 4) is 5.69 Å². The van der Waals surface area contributed by atoms with E-state index in [1.807, 2.05) is 30.3 Å². The highest BCUT2D eigenvalue weighted by atomic mass is 35.5. The maximum Gasteiger partial charge on any atom is 0.417 e. The number of halogens is 4. The van der Waals surface area contributed by atoms with Gasteiger partial charge in [-0.2, -0.15) is 13.2 Å². The fourth-order valence-electron chi connectivity index (χ4n) is 2.80. The second-order valence-corrected chi connectivity index (χ2v) is 7.38. The first-order valence-electron chi connectivity index (χ1n) is 8.35. The van der Waals surface area contributed by atoms with Crippen molar-refractivity contribution >= 4 is 29.0 Å². The SMILES string of the molecule is O=c1c2nnc(SCc3ccccc3)n2ccn1-c1cccc(C(F)(F)F)c1Cl. The van der Waals surface area contributed by atoms with Crippen molar-refractivity contribution in [3.05, 3.63) is 87.4 Å². The van der Waals surface area contributed by atoms with Gasteiger partial charge in [0.05, 0.1) is 16.3 Å². The fourth-order valence-corrected chi connectivity index (χ4v) is 4.00. The van der Waals surface area contributed by atoms with Crippen LogP contribution >= 0.6 is 23.4 Å². The molecular formula is C19H12ClF3N4OS. The van der Waals surface area contributed by atoms with Gasteiger partial charge in [0, 0.05) is 18.1 Å². The molecule has 0 saturated heterocycles. The van der Waals surface area contributed by atoms with Gasteiger partial charge in [-0.1, -0.05) is 59.8 Å². The van der Waals surface area contributed by atoms with E-state index in [1.165, 1.54) is 40.7 Å². The molecule has 2 heterocycles. The van der Waals surface area contributed by atoms with E-state index < -0.39 is 22.3 Å². The van der Waals surface area contributed by atoms with Gasteiger partial charge in [0.15, 0.2) is 5.16 Å². The Hall–Kier alpha value is -2.78. The first-order chi connectivity index (χ1) is 13.9. The zero-order valence-corrected chi connectivity index (χ0v) is 16.2. The van der Waals surface area contributed by atoms with Gasteiger partial charge < -0.3 is 0 Å². The minimum Gasteiger partial charge on any atom is -0.278 e. The molecule has 0 N–H and O–H groups in total. The Balaban J connectivity index is 1.72.